The highest BCUT2D eigenvalue weighted by atomic mass is 35.5. The number of carbonyl (C=O) groups is 1. The van der Waals surface area contributed by atoms with Crippen molar-refractivity contribution in [3.8, 4) is 17.0 Å². The molecule has 0 radical (unpaired) electrons. The van der Waals surface area contributed by atoms with E-state index in [1.54, 1.807) is 24.3 Å². The van der Waals surface area contributed by atoms with Crippen LogP contribution in [0.2, 0.25) is 5.02 Å². The molecule has 1 aromatic carbocycles. The van der Waals surface area contributed by atoms with Gasteiger partial charge >= 0.3 is 5.97 Å². The van der Waals surface area contributed by atoms with Gasteiger partial charge in [-0.3, -0.25) is 0 Å². The van der Waals surface area contributed by atoms with E-state index in [1.165, 1.54) is 13.3 Å². The highest BCUT2D eigenvalue weighted by Crippen LogP contribution is 2.28. The van der Waals surface area contributed by atoms with Crippen LogP contribution in [0.3, 0.4) is 0 Å². The third-order valence-electron chi connectivity index (χ3n) is 2.54. The van der Waals surface area contributed by atoms with Gasteiger partial charge < -0.3 is 9.47 Å². The molecule has 5 nitrogen and oxygen atoms in total. The average Bonchev–Trinajstić information content (AvgIpc) is 2.48. The summed E-state index contributed by atoms with van der Waals surface area (Å²) in [6.07, 6.45) is 1.46. The van der Waals surface area contributed by atoms with Crippen LogP contribution in [0, 0.1) is 0 Å². The van der Waals surface area contributed by atoms with Crippen molar-refractivity contribution in [2.75, 3.05) is 13.7 Å². The quantitative estimate of drug-likeness (QED) is 0.811. The summed E-state index contributed by atoms with van der Waals surface area (Å²) in [4.78, 5) is 19.7. The lowest BCUT2D eigenvalue weighted by Crippen LogP contribution is -2.09. The van der Waals surface area contributed by atoms with Crippen LogP contribution in [0.4, 0.5) is 0 Å². The molecule has 0 fully saturated rings. The van der Waals surface area contributed by atoms with Crippen LogP contribution < -0.4 is 4.74 Å². The Bertz CT molecular complexity index is 614. The predicted octanol–water partition coefficient (Wildman–Crippen LogP) is 2.98. The fourth-order valence-corrected chi connectivity index (χ4v) is 1.76. The molecular formula is C14H13ClN2O3. The van der Waals surface area contributed by atoms with E-state index in [1.807, 2.05) is 6.92 Å². The number of carbonyl (C=O) groups excluding carboxylic acids is 1. The van der Waals surface area contributed by atoms with Gasteiger partial charge in [0.25, 0.3) is 0 Å². The number of aromatic nitrogens is 2. The molecule has 0 atom stereocenters. The number of nitrogens with zero attached hydrogens (tertiary/aromatic N) is 2. The number of methoxy groups -OCH3 is 1. The molecule has 0 spiro atoms. The standard InChI is InChI=1S/C14H13ClN2O3/c1-3-20-11-8-16-13(14(18)19-2)17-12(11)9-4-6-10(15)7-5-9/h4-8H,3H2,1-2H3. The molecule has 0 saturated heterocycles. The molecule has 0 aliphatic carbocycles. The van der Waals surface area contributed by atoms with Crippen LogP contribution in [0.1, 0.15) is 17.5 Å². The third-order valence-corrected chi connectivity index (χ3v) is 2.79. The maximum atomic E-state index is 11.5. The lowest BCUT2D eigenvalue weighted by atomic mass is 10.1. The Kier molecular flexibility index (Phi) is 4.53. The summed E-state index contributed by atoms with van der Waals surface area (Å²) in [5.41, 5.74) is 1.31. The van der Waals surface area contributed by atoms with E-state index in [0.29, 0.717) is 23.1 Å². The summed E-state index contributed by atoms with van der Waals surface area (Å²) in [5.74, 6) is -0.105. The van der Waals surface area contributed by atoms with Crippen molar-refractivity contribution in [2.24, 2.45) is 0 Å². The summed E-state index contributed by atoms with van der Waals surface area (Å²) in [6, 6.07) is 7.08. The summed E-state index contributed by atoms with van der Waals surface area (Å²) in [7, 11) is 1.28. The molecule has 0 N–H and O–H groups in total. The Morgan fingerprint density at radius 3 is 2.60 bits per heavy atom. The molecule has 1 aromatic heterocycles. The second kappa shape index (κ2) is 6.34. The van der Waals surface area contributed by atoms with Crippen LogP contribution in [0.15, 0.2) is 30.5 Å². The number of rotatable bonds is 4. The smallest absolute Gasteiger partial charge is 0.376 e. The van der Waals surface area contributed by atoms with Gasteiger partial charge in [0.2, 0.25) is 5.82 Å². The topological polar surface area (TPSA) is 61.3 Å². The van der Waals surface area contributed by atoms with Crippen molar-refractivity contribution in [3.63, 3.8) is 0 Å². The van der Waals surface area contributed by atoms with Crippen LogP contribution in [0.5, 0.6) is 5.75 Å². The van der Waals surface area contributed by atoms with Gasteiger partial charge in [-0.1, -0.05) is 23.7 Å². The minimum Gasteiger partial charge on any atom is -0.490 e. The zero-order valence-corrected chi connectivity index (χ0v) is 11.8. The fourth-order valence-electron chi connectivity index (χ4n) is 1.64. The maximum absolute atomic E-state index is 11.5. The molecular weight excluding hydrogens is 280 g/mol. The molecule has 2 aromatic rings. The highest BCUT2D eigenvalue weighted by Gasteiger charge is 2.15. The Morgan fingerprint density at radius 2 is 2.00 bits per heavy atom. The lowest BCUT2D eigenvalue weighted by Gasteiger charge is -2.10. The van der Waals surface area contributed by atoms with E-state index in [0.717, 1.165) is 5.56 Å². The number of hydrogen-bond donors (Lipinski definition) is 0. The van der Waals surface area contributed by atoms with E-state index in [9.17, 15) is 4.79 Å². The predicted molar refractivity (Wildman–Crippen MR) is 75.0 cm³/mol. The number of halogens is 1. The fraction of sp³-hybridized carbons (Fsp3) is 0.214. The molecule has 0 aliphatic rings. The van der Waals surface area contributed by atoms with Crippen LogP contribution in [0.25, 0.3) is 11.3 Å². The first-order valence-electron chi connectivity index (χ1n) is 5.99. The zero-order valence-electron chi connectivity index (χ0n) is 11.1. The highest BCUT2D eigenvalue weighted by molar-refractivity contribution is 6.30. The van der Waals surface area contributed by atoms with Crippen molar-refractivity contribution in [3.05, 3.63) is 41.3 Å². The second-order valence-electron chi connectivity index (χ2n) is 3.84. The third kappa shape index (κ3) is 3.05. The van der Waals surface area contributed by atoms with Crippen molar-refractivity contribution in [1.29, 1.82) is 0 Å². The molecule has 104 valence electrons. The van der Waals surface area contributed by atoms with Gasteiger partial charge in [0.05, 0.1) is 19.9 Å². The van der Waals surface area contributed by atoms with Crippen LogP contribution in [-0.4, -0.2) is 29.7 Å². The van der Waals surface area contributed by atoms with Crippen molar-refractivity contribution in [1.82, 2.24) is 9.97 Å². The molecule has 0 bridgehead atoms. The van der Waals surface area contributed by atoms with E-state index < -0.39 is 5.97 Å². The Balaban J connectivity index is 2.51. The largest absolute Gasteiger partial charge is 0.490 e. The summed E-state index contributed by atoms with van der Waals surface area (Å²) in [6.45, 7) is 2.33. The van der Waals surface area contributed by atoms with E-state index in [-0.39, 0.29) is 5.82 Å². The van der Waals surface area contributed by atoms with Crippen LogP contribution in [-0.2, 0) is 4.74 Å². The van der Waals surface area contributed by atoms with E-state index in [4.69, 9.17) is 16.3 Å². The van der Waals surface area contributed by atoms with Crippen LogP contribution >= 0.6 is 11.6 Å². The first kappa shape index (κ1) is 14.3. The van der Waals surface area contributed by atoms with Gasteiger partial charge in [0.15, 0.2) is 5.75 Å². The van der Waals surface area contributed by atoms with Crippen molar-refractivity contribution in [2.45, 2.75) is 6.92 Å². The van der Waals surface area contributed by atoms with Gasteiger partial charge in [0, 0.05) is 10.6 Å². The van der Waals surface area contributed by atoms with E-state index in [2.05, 4.69) is 14.7 Å². The van der Waals surface area contributed by atoms with Gasteiger partial charge in [-0.25, -0.2) is 14.8 Å². The SMILES string of the molecule is CCOc1cnc(C(=O)OC)nc1-c1ccc(Cl)cc1. The molecule has 20 heavy (non-hydrogen) atoms. The molecule has 2 rings (SSSR count). The first-order chi connectivity index (χ1) is 9.65. The average molecular weight is 293 g/mol. The van der Waals surface area contributed by atoms with Gasteiger partial charge in [-0.05, 0) is 19.1 Å². The Morgan fingerprint density at radius 1 is 1.30 bits per heavy atom. The first-order valence-corrected chi connectivity index (χ1v) is 6.37. The monoisotopic (exact) mass is 292 g/mol. The van der Waals surface area contributed by atoms with E-state index >= 15 is 0 Å². The zero-order chi connectivity index (χ0) is 14.5. The van der Waals surface area contributed by atoms with Crippen molar-refractivity contribution >= 4 is 17.6 Å². The minimum atomic E-state index is -0.594. The molecule has 1 heterocycles. The number of esters is 1. The maximum Gasteiger partial charge on any atom is 0.376 e. The molecule has 0 unspecified atom stereocenters. The number of benzene rings is 1. The Labute approximate surface area is 121 Å². The van der Waals surface area contributed by atoms with Gasteiger partial charge in [0.1, 0.15) is 5.69 Å². The summed E-state index contributed by atoms with van der Waals surface area (Å²) in [5, 5.41) is 0.619. The second-order valence-corrected chi connectivity index (χ2v) is 4.27. The summed E-state index contributed by atoms with van der Waals surface area (Å²) < 4.78 is 10.1. The molecule has 6 heteroatoms. The van der Waals surface area contributed by atoms with Gasteiger partial charge in [-0.2, -0.15) is 0 Å². The minimum absolute atomic E-state index is 0.0131. The molecule has 0 aliphatic heterocycles. The molecule has 0 amide bonds. The number of hydrogen-bond acceptors (Lipinski definition) is 5. The number of ether oxygens (including phenoxy) is 2. The van der Waals surface area contributed by atoms with Crippen molar-refractivity contribution < 1.29 is 14.3 Å². The Hall–Kier alpha value is -2.14. The summed E-state index contributed by atoms with van der Waals surface area (Å²) >= 11 is 5.87. The lowest BCUT2D eigenvalue weighted by molar-refractivity contribution is 0.0586. The van der Waals surface area contributed by atoms with Gasteiger partial charge in [-0.15, -0.1) is 0 Å². The normalized spacial score (nSPS) is 10.2. The molecule has 0 saturated carbocycles.